The number of anilines is 1. The first-order chi connectivity index (χ1) is 5.09. The number of halogens is 1. The van der Waals surface area contributed by atoms with Crippen molar-refractivity contribution in [3.05, 3.63) is 22.7 Å². The van der Waals surface area contributed by atoms with Gasteiger partial charge in [0.2, 0.25) is 0 Å². The fourth-order valence-corrected chi connectivity index (χ4v) is 1.29. The highest BCUT2D eigenvalue weighted by atomic mass is 79.9. The lowest BCUT2D eigenvalue weighted by Crippen LogP contribution is -2.08. The first-order valence-corrected chi connectivity index (χ1v) is 4.06. The van der Waals surface area contributed by atoms with E-state index in [0.29, 0.717) is 0 Å². The number of phenols is 1. The van der Waals surface area contributed by atoms with Crippen LogP contribution in [-0.4, -0.2) is 19.2 Å². The molecule has 0 bridgehead atoms. The van der Waals surface area contributed by atoms with Crippen LogP contribution >= 0.6 is 15.9 Å². The first-order valence-electron chi connectivity index (χ1n) is 3.26. The SMILES string of the molecule is CN(C)c1cc(O)cc(Br)c1. The van der Waals surface area contributed by atoms with E-state index in [2.05, 4.69) is 15.9 Å². The zero-order valence-electron chi connectivity index (χ0n) is 6.50. The van der Waals surface area contributed by atoms with Crippen molar-refractivity contribution in [2.75, 3.05) is 19.0 Å². The maximum absolute atomic E-state index is 9.19. The summed E-state index contributed by atoms with van der Waals surface area (Å²) in [5.41, 5.74) is 0.983. The molecule has 0 unspecified atom stereocenters. The van der Waals surface area contributed by atoms with Gasteiger partial charge in [0.1, 0.15) is 5.75 Å². The van der Waals surface area contributed by atoms with Gasteiger partial charge >= 0.3 is 0 Å². The monoisotopic (exact) mass is 215 g/mol. The average Bonchev–Trinajstić information content (AvgIpc) is 1.85. The van der Waals surface area contributed by atoms with Gasteiger partial charge in [-0.2, -0.15) is 0 Å². The third kappa shape index (κ3) is 2.12. The number of nitrogens with zero attached hydrogens (tertiary/aromatic N) is 1. The molecule has 0 amide bonds. The van der Waals surface area contributed by atoms with Gasteiger partial charge < -0.3 is 10.0 Å². The Bertz CT molecular complexity index is 240. The zero-order valence-corrected chi connectivity index (χ0v) is 8.09. The molecule has 0 aliphatic heterocycles. The third-order valence-corrected chi connectivity index (χ3v) is 1.84. The van der Waals surface area contributed by atoms with Crippen molar-refractivity contribution in [2.45, 2.75) is 0 Å². The van der Waals surface area contributed by atoms with E-state index >= 15 is 0 Å². The van der Waals surface area contributed by atoms with E-state index in [9.17, 15) is 5.11 Å². The van der Waals surface area contributed by atoms with Crippen molar-refractivity contribution < 1.29 is 5.11 Å². The molecule has 0 heterocycles. The largest absolute Gasteiger partial charge is 0.508 e. The second-order valence-electron chi connectivity index (χ2n) is 2.56. The summed E-state index contributed by atoms with van der Waals surface area (Å²) in [5.74, 6) is 0.281. The quantitative estimate of drug-likeness (QED) is 0.777. The van der Waals surface area contributed by atoms with Crippen LogP contribution in [0.1, 0.15) is 0 Å². The molecule has 60 valence electrons. The van der Waals surface area contributed by atoms with Gasteiger partial charge in [-0.05, 0) is 12.1 Å². The highest BCUT2D eigenvalue weighted by molar-refractivity contribution is 9.10. The van der Waals surface area contributed by atoms with Crippen molar-refractivity contribution in [1.82, 2.24) is 0 Å². The van der Waals surface area contributed by atoms with Crippen molar-refractivity contribution in [2.24, 2.45) is 0 Å². The van der Waals surface area contributed by atoms with Crippen LogP contribution < -0.4 is 4.90 Å². The van der Waals surface area contributed by atoms with Crippen molar-refractivity contribution in [1.29, 1.82) is 0 Å². The lowest BCUT2D eigenvalue weighted by molar-refractivity contribution is 0.475. The molecule has 1 aromatic carbocycles. The molecule has 1 aromatic rings. The van der Waals surface area contributed by atoms with Crippen LogP contribution in [0.2, 0.25) is 0 Å². The van der Waals surface area contributed by atoms with Gasteiger partial charge in [-0.1, -0.05) is 15.9 Å². The standard InChI is InChI=1S/C8H10BrNO/c1-10(2)7-3-6(9)4-8(11)5-7/h3-5,11H,1-2H3. The van der Waals surface area contributed by atoms with E-state index in [1.165, 1.54) is 0 Å². The molecule has 0 fully saturated rings. The molecular formula is C8H10BrNO. The number of hydrogen-bond donors (Lipinski definition) is 1. The number of phenolic OH excluding ortho intramolecular Hbond substituents is 1. The summed E-state index contributed by atoms with van der Waals surface area (Å²) >= 11 is 3.29. The molecule has 0 aliphatic rings. The molecule has 11 heavy (non-hydrogen) atoms. The zero-order chi connectivity index (χ0) is 8.43. The topological polar surface area (TPSA) is 23.5 Å². The van der Waals surface area contributed by atoms with Crippen LogP contribution in [0.3, 0.4) is 0 Å². The minimum absolute atomic E-state index is 0.281. The summed E-state index contributed by atoms with van der Waals surface area (Å²) in [7, 11) is 3.86. The van der Waals surface area contributed by atoms with E-state index in [4.69, 9.17) is 0 Å². The van der Waals surface area contributed by atoms with E-state index in [1.807, 2.05) is 25.1 Å². The molecule has 0 aliphatic carbocycles. The van der Waals surface area contributed by atoms with Crippen LogP contribution in [0.4, 0.5) is 5.69 Å². The Labute approximate surface area is 74.6 Å². The Balaban J connectivity index is 3.08. The summed E-state index contributed by atoms with van der Waals surface area (Å²) in [6.45, 7) is 0. The van der Waals surface area contributed by atoms with Crippen molar-refractivity contribution in [3.63, 3.8) is 0 Å². The van der Waals surface area contributed by atoms with Crippen molar-refractivity contribution >= 4 is 21.6 Å². The lowest BCUT2D eigenvalue weighted by atomic mass is 10.3. The maximum atomic E-state index is 9.19. The lowest BCUT2D eigenvalue weighted by Gasteiger charge is -2.12. The van der Waals surface area contributed by atoms with Gasteiger partial charge in [0.05, 0.1) is 0 Å². The predicted octanol–water partition coefficient (Wildman–Crippen LogP) is 2.22. The van der Waals surface area contributed by atoms with Gasteiger partial charge in [0, 0.05) is 30.3 Å². The van der Waals surface area contributed by atoms with Gasteiger partial charge in [-0.3, -0.25) is 0 Å². The van der Waals surface area contributed by atoms with Crippen molar-refractivity contribution in [3.8, 4) is 5.75 Å². The van der Waals surface area contributed by atoms with Crippen LogP contribution in [0.15, 0.2) is 22.7 Å². The summed E-state index contributed by atoms with van der Waals surface area (Å²) < 4.78 is 0.890. The van der Waals surface area contributed by atoms with E-state index < -0.39 is 0 Å². The van der Waals surface area contributed by atoms with Crippen LogP contribution in [0.25, 0.3) is 0 Å². The fraction of sp³-hybridized carbons (Fsp3) is 0.250. The minimum atomic E-state index is 0.281. The third-order valence-electron chi connectivity index (χ3n) is 1.38. The smallest absolute Gasteiger partial charge is 0.118 e. The molecular weight excluding hydrogens is 206 g/mol. The van der Waals surface area contributed by atoms with Gasteiger partial charge in [0.25, 0.3) is 0 Å². The molecule has 1 rings (SSSR count). The summed E-state index contributed by atoms with van der Waals surface area (Å²) in [6, 6.07) is 5.32. The predicted molar refractivity (Wildman–Crippen MR) is 50.1 cm³/mol. The molecule has 2 nitrogen and oxygen atoms in total. The average molecular weight is 216 g/mol. The summed E-state index contributed by atoms with van der Waals surface area (Å²) in [4.78, 5) is 1.94. The fourth-order valence-electron chi connectivity index (χ4n) is 0.817. The van der Waals surface area contributed by atoms with E-state index in [1.54, 1.807) is 12.1 Å². The highest BCUT2D eigenvalue weighted by Crippen LogP contribution is 2.24. The Kier molecular flexibility index (Phi) is 2.39. The molecule has 0 atom stereocenters. The molecule has 0 radical (unpaired) electrons. The number of rotatable bonds is 1. The number of hydrogen-bond acceptors (Lipinski definition) is 2. The normalized spacial score (nSPS) is 9.73. The van der Waals surface area contributed by atoms with E-state index in [0.717, 1.165) is 10.2 Å². The second kappa shape index (κ2) is 3.13. The second-order valence-corrected chi connectivity index (χ2v) is 3.48. The molecule has 0 aromatic heterocycles. The molecule has 0 saturated carbocycles. The van der Waals surface area contributed by atoms with Gasteiger partial charge in [-0.15, -0.1) is 0 Å². The first kappa shape index (κ1) is 8.40. The Morgan fingerprint density at radius 2 is 1.91 bits per heavy atom. The molecule has 3 heteroatoms. The Morgan fingerprint density at radius 3 is 2.36 bits per heavy atom. The van der Waals surface area contributed by atoms with Crippen LogP contribution in [0, 0.1) is 0 Å². The summed E-state index contributed by atoms with van der Waals surface area (Å²) in [5, 5.41) is 9.19. The maximum Gasteiger partial charge on any atom is 0.118 e. The van der Waals surface area contributed by atoms with Crippen LogP contribution in [0.5, 0.6) is 5.75 Å². The Morgan fingerprint density at radius 1 is 1.27 bits per heavy atom. The number of benzene rings is 1. The van der Waals surface area contributed by atoms with Gasteiger partial charge in [0.15, 0.2) is 0 Å². The molecule has 0 saturated heterocycles. The van der Waals surface area contributed by atoms with E-state index in [-0.39, 0.29) is 5.75 Å². The number of aromatic hydroxyl groups is 1. The summed E-state index contributed by atoms with van der Waals surface area (Å²) in [6.07, 6.45) is 0. The molecule has 1 N–H and O–H groups in total. The Hall–Kier alpha value is -0.700. The van der Waals surface area contributed by atoms with Crippen LogP contribution in [-0.2, 0) is 0 Å². The van der Waals surface area contributed by atoms with Gasteiger partial charge in [-0.25, -0.2) is 0 Å². The highest BCUT2D eigenvalue weighted by Gasteiger charge is 1.98. The molecule has 0 spiro atoms. The minimum Gasteiger partial charge on any atom is -0.508 e.